The van der Waals surface area contributed by atoms with E-state index in [1.54, 1.807) is 0 Å². The number of ketones is 1. The fourth-order valence-electron chi connectivity index (χ4n) is 2.10. The van der Waals surface area contributed by atoms with Crippen LogP contribution >= 0.6 is 0 Å². The molecule has 1 aromatic rings. The highest BCUT2D eigenvalue weighted by Gasteiger charge is 2.43. The molecule has 1 fully saturated rings. The minimum atomic E-state index is -1.34. The van der Waals surface area contributed by atoms with Crippen LogP contribution in [0.5, 0.6) is 0 Å². The zero-order chi connectivity index (χ0) is 14.9. The first-order valence-corrected chi connectivity index (χ1v) is 6.14. The van der Waals surface area contributed by atoms with Crippen molar-refractivity contribution in [3.63, 3.8) is 0 Å². The number of hydrogen-bond donors (Lipinski definition) is 3. The molecule has 0 unspecified atom stereocenters. The first-order valence-electron chi connectivity index (χ1n) is 6.14. The van der Waals surface area contributed by atoms with Crippen molar-refractivity contribution < 1.29 is 24.9 Å². The molecule has 4 atom stereocenters. The number of aliphatic hydroxyl groups is 3. The van der Waals surface area contributed by atoms with Gasteiger partial charge in [0, 0.05) is 12.6 Å². The highest BCUT2D eigenvalue weighted by Crippen LogP contribution is 2.27. The molecule has 3 N–H and O–H groups in total. The normalized spacial score (nSPS) is 29.6. The van der Waals surface area contributed by atoms with Gasteiger partial charge in [0.25, 0.3) is 0 Å². The van der Waals surface area contributed by atoms with Crippen molar-refractivity contribution in [1.82, 2.24) is 9.55 Å². The fraction of sp³-hybridized carbons (Fsp3) is 0.583. The number of aliphatic hydroxyl groups excluding tert-OH is 3. The molecule has 2 heterocycles. The van der Waals surface area contributed by atoms with Crippen molar-refractivity contribution in [2.75, 3.05) is 6.61 Å². The zero-order valence-electron chi connectivity index (χ0n) is 10.8. The summed E-state index contributed by atoms with van der Waals surface area (Å²) in [6.07, 6.45) is -3.31. The lowest BCUT2D eigenvalue weighted by Crippen LogP contribution is -2.36. The highest BCUT2D eigenvalue weighted by molar-refractivity contribution is 5.77. The van der Waals surface area contributed by atoms with Crippen LogP contribution in [0.25, 0.3) is 0 Å². The number of rotatable bonds is 4. The van der Waals surface area contributed by atoms with Crippen LogP contribution in [0.15, 0.2) is 17.1 Å². The maximum Gasteiger partial charge on any atom is 0.350 e. The summed E-state index contributed by atoms with van der Waals surface area (Å²) in [5.74, 6) is -0.123. The lowest BCUT2D eigenvalue weighted by molar-refractivity contribution is -0.116. The van der Waals surface area contributed by atoms with Crippen LogP contribution in [0, 0.1) is 0 Å². The molecule has 0 spiro atoms. The molecule has 20 heavy (non-hydrogen) atoms. The van der Waals surface area contributed by atoms with Gasteiger partial charge in [0.1, 0.15) is 24.1 Å². The number of ether oxygens (including phenoxy) is 1. The van der Waals surface area contributed by atoms with Gasteiger partial charge in [-0.15, -0.1) is 0 Å². The topological polar surface area (TPSA) is 122 Å². The van der Waals surface area contributed by atoms with Crippen LogP contribution in [0.2, 0.25) is 0 Å². The molecule has 8 nitrogen and oxygen atoms in total. The van der Waals surface area contributed by atoms with Gasteiger partial charge < -0.3 is 20.1 Å². The van der Waals surface area contributed by atoms with E-state index in [2.05, 4.69) is 4.98 Å². The van der Waals surface area contributed by atoms with Crippen LogP contribution in [0.3, 0.4) is 0 Å². The van der Waals surface area contributed by atoms with E-state index in [9.17, 15) is 19.8 Å². The zero-order valence-corrected chi connectivity index (χ0v) is 10.8. The predicted molar refractivity (Wildman–Crippen MR) is 65.9 cm³/mol. The molecule has 1 saturated heterocycles. The second kappa shape index (κ2) is 5.80. The van der Waals surface area contributed by atoms with E-state index < -0.39 is 36.8 Å². The van der Waals surface area contributed by atoms with Gasteiger partial charge in [0.05, 0.1) is 12.3 Å². The third-order valence-electron chi connectivity index (χ3n) is 3.11. The molecule has 0 aliphatic carbocycles. The first kappa shape index (κ1) is 14.8. The lowest BCUT2D eigenvalue weighted by atomic mass is 10.1. The number of Topliss-reactive ketones (excluding diaryl/α,β-unsaturated/α-hetero) is 1. The van der Waals surface area contributed by atoms with Crippen molar-refractivity contribution in [3.05, 3.63) is 28.4 Å². The maximum atomic E-state index is 11.9. The minimum Gasteiger partial charge on any atom is -0.394 e. The van der Waals surface area contributed by atoms with Gasteiger partial charge in [-0.2, -0.15) is 4.98 Å². The molecule has 0 aromatic carbocycles. The second-order valence-electron chi connectivity index (χ2n) is 4.72. The van der Waals surface area contributed by atoms with E-state index in [4.69, 9.17) is 9.84 Å². The Labute approximate surface area is 114 Å². The molecular weight excluding hydrogens is 268 g/mol. The van der Waals surface area contributed by atoms with Gasteiger partial charge in [0.15, 0.2) is 6.23 Å². The van der Waals surface area contributed by atoms with Crippen molar-refractivity contribution >= 4 is 5.78 Å². The Bertz CT molecular complexity index is 557. The van der Waals surface area contributed by atoms with E-state index in [0.717, 1.165) is 4.57 Å². The molecule has 2 rings (SSSR count). The number of hydrogen-bond acceptors (Lipinski definition) is 7. The Morgan fingerprint density at radius 2 is 2.15 bits per heavy atom. The molecule has 0 amide bonds. The van der Waals surface area contributed by atoms with Crippen LogP contribution < -0.4 is 5.69 Å². The number of carbonyl (C=O) groups excluding carboxylic acids is 1. The van der Waals surface area contributed by atoms with Crippen LogP contribution in [-0.2, 0) is 16.0 Å². The second-order valence-corrected chi connectivity index (χ2v) is 4.72. The molecular formula is C12H16N2O6. The molecule has 8 heteroatoms. The molecule has 1 aliphatic rings. The Morgan fingerprint density at radius 1 is 1.45 bits per heavy atom. The predicted octanol–water partition coefficient (Wildman–Crippen LogP) is -2.01. The van der Waals surface area contributed by atoms with E-state index in [1.807, 2.05) is 0 Å². The summed E-state index contributed by atoms with van der Waals surface area (Å²) >= 11 is 0. The molecule has 0 radical (unpaired) electrons. The van der Waals surface area contributed by atoms with Crippen molar-refractivity contribution in [2.24, 2.45) is 0 Å². The monoisotopic (exact) mass is 284 g/mol. The van der Waals surface area contributed by atoms with Crippen LogP contribution in [-0.4, -0.2) is 55.6 Å². The van der Waals surface area contributed by atoms with Crippen molar-refractivity contribution in [2.45, 2.75) is 37.9 Å². The maximum absolute atomic E-state index is 11.9. The standard InChI is InChI=1S/C12H16N2O6/c1-6(16)4-7-2-3-14(12(19)13-7)11-10(18)9(17)8(5-15)20-11/h2-3,8-11,15,17-18H,4-5H2,1H3/t8-,9-,10-,11-/m1/s1. The van der Waals surface area contributed by atoms with Gasteiger partial charge in [-0.1, -0.05) is 0 Å². The summed E-state index contributed by atoms with van der Waals surface area (Å²) in [7, 11) is 0. The van der Waals surface area contributed by atoms with E-state index >= 15 is 0 Å². The smallest absolute Gasteiger partial charge is 0.350 e. The van der Waals surface area contributed by atoms with Gasteiger partial charge in [-0.3, -0.25) is 9.36 Å². The van der Waals surface area contributed by atoms with E-state index in [-0.39, 0.29) is 12.2 Å². The van der Waals surface area contributed by atoms with Gasteiger partial charge in [0.2, 0.25) is 0 Å². The Hall–Kier alpha value is -1.61. The molecule has 110 valence electrons. The Kier molecular flexibility index (Phi) is 4.29. The lowest BCUT2D eigenvalue weighted by Gasteiger charge is -2.17. The minimum absolute atomic E-state index is 0.0477. The van der Waals surface area contributed by atoms with Crippen LogP contribution in [0.4, 0.5) is 0 Å². The van der Waals surface area contributed by atoms with Gasteiger partial charge in [-0.25, -0.2) is 4.79 Å². The third-order valence-corrected chi connectivity index (χ3v) is 3.11. The largest absolute Gasteiger partial charge is 0.394 e. The van der Waals surface area contributed by atoms with Crippen LogP contribution in [0.1, 0.15) is 18.8 Å². The van der Waals surface area contributed by atoms with Gasteiger partial charge >= 0.3 is 5.69 Å². The fourth-order valence-corrected chi connectivity index (χ4v) is 2.10. The molecule has 0 saturated carbocycles. The summed E-state index contributed by atoms with van der Waals surface area (Å²) in [5, 5.41) is 28.5. The third kappa shape index (κ3) is 2.78. The van der Waals surface area contributed by atoms with E-state index in [0.29, 0.717) is 5.69 Å². The molecule has 1 aliphatic heterocycles. The number of carbonyl (C=O) groups is 1. The summed E-state index contributed by atoms with van der Waals surface area (Å²) in [4.78, 5) is 26.5. The quantitative estimate of drug-likeness (QED) is 0.583. The summed E-state index contributed by atoms with van der Waals surface area (Å²) < 4.78 is 6.25. The average molecular weight is 284 g/mol. The van der Waals surface area contributed by atoms with Crippen molar-refractivity contribution in [3.8, 4) is 0 Å². The first-order chi connectivity index (χ1) is 9.43. The Balaban J connectivity index is 2.26. The van der Waals surface area contributed by atoms with E-state index in [1.165, 1.54) is 19.2 Å². The highest BCUT2D eigenvalue weighted by atomic mass is 16.6. The number of aromatic nitrogens is 2. The number of nitrogens with zero attached hydrogens (tertiary/aromatic N) is 2. The molecule has 1 aromatic heterocycles. The molecule has 0 bridgehead atoms. The van der Waals surface area contributed by atoms with Gasteiger partial charge in [-0.05, 0) is 13.0 Å². The van der Waals surface area contributed by atoms with Crippen molar-refractivity contribution in [1.29, 1.82) is 0 Å². The summed E-state index contributed by atoms with van der Waals surface area (Å²) in [5.41, 5.74) is -0.371. The summed E-state index contributed by atoms with van der Waals surface area (Å²) in [6, 6.07) is 1.47. The Morgan fingerprint density at radius 3 is 2.65 bits per heavy atom. The average Bonchev–Trinajstić information content (AvgIpc) is 2.66. The SMILES string of the molecule is CC(=O)Cc1ccn([C@@H]2O[C@H](CO)[C@@H](O)[C@H]2O)c(=O)n1. The summed E-state index contributed by atoms with van der Waals surface area (Å²) in [6.45, 7) is 0.915.